The molecule has 288 valence electrons. The molecular formula is C57H34N4O. The molecule has 0 N–H and O–H groups in total. The van der Waals surface area contributed by atoms with Gasteiger partial charge in [-0.1, -0.05) is 146 Å². The molecule has 3 heterocycles. The van der Waals surface area contributed by atoms with E-state index in [-0.39, 0.29) is 0 Å². The molecule has 13 aromatic rings. The number of benzene rings is 10. The zero-order valence-corrected chi connectivity index (χ0v) is 33.3. The van der Waals surface area contributed by atoms with Crippen LogP contribution < -0.4 is 0 Å². The predicted octanol–water partition coefficient (Wildman–Crippen LogP) is 15.0. The summed E-state index contributed by atoms with van der Waals surface area (Å²) in [5.41, 5.74) is 9.85. The van der Waals surface area contributed by atoms with Gasteiger partial charge < -0.3 is 8.98 Å². The SMILES string of the molecule is c1ccc(-c2nc(-c3ccc(-n4c5ccccc5c5cc6ccccc6cc54)c(-c4cccc5oc6cc7ccccc7cc6c45)c3)nc(-c3ccc4ccccc4c3)n2)cc1. The van der Waals surface area contributed by atoms with Gasteiger partial charge in [0.1, 0.15) is 11.2 Å². The number of nitrogens with zero attached hydrogens (tertiary/aromatic N) is 4. The lowest BCUT2D eigenvalue weighted by Gasteiger charge is -2.17. The minimum absolute atomic E-state index is 0.596. The van der Waals surface area contributed by atoms with E-state index >= 15 is 0 Å². The third-order valence-corrected chi connectivity index (χ3v) is 12.4. The van der Waals surface area contributed by atoms with Crippen LogP contribution in [0.2, 0.25) is 0 Å². The first-order valence-corrected chi connectivity index (χ1v) is 20.9. The van der Waals surface area contributed by atoms with E-state index in [0.29, 0.717) is 17.5 Å². The van der Waals surface area contributed by atoms with E-state index in [4.69, 9.17) is 19.4 Å². The highest BCUT2D eigenvalue weighted by atomic mass is 16.3. The number of fused-ring (bicyclic) bond motifs is 9. The zero-order chi connectivity index (χ0) is 40.7. The van der Waals surface area contributed by atoms with E-state index in [0.717, 1.165) is 77.2 Å². The summed E-state index contributed by atoms with van der Waals surface area (Å²) in [6.45, 7) is 0. The molecule has 10 aromatic carbocycles. The molecule has 0 radical (unpaired) electrons. The number of furan rings is 1. The van der Waals surface area contributed by atoms with E-state index < -0.39 is 0 Å². The molecule has 0 bridgehead atoms. The summed E-state index contributed by atoms with van der Waals surface area (Å²) in [7, 11) is 0. The maximum atomic E-state index is 6.68. The Morgan fingerprint density at radius 3 is 1.66 bits per heavy atom. The van der Waals surface area contributed by atoms with Crippen LogP contribution in [0.4, 0.5) is 0 Å². The van der Waals surface area contributed by atoms with Crippen LogP contribution in [0.15, 0.2) is 211 Å². The summed E-state index contributed by atoms with van der Waals surface area (Å²) in [6, 6.07) is 72.9. The molecule has 62 heavy (non-hydrogen) atoms. The van der Waals surface area contributed by atoms with Gasteiger partial charge in [0, 0.05) is 43.8 Å². The molecule has 0 aliphatic carbocycles. The monoisotopic (exact) mass is 790 g/mol. The van der Waals surface area contributed by atoms with Crippen LogP contribution in [0, 0.1) is 0 Å². The standard InChI is InChI=1S/C57H34N4O/c1-2-14-36(15-3-1)55-58-56(42-26-25-35-13-4-5-16-37(35)29-42)60-57(59-55)43-27-28-50(61-49-23-11-10-21-44(49)46-30-38-17-6-8-19-40(38)33-51(46)61)47(32-43)45-22-12-24-52-54(45)48-31-39-18-7-9-20-41(39)34-53(48)62-52/h1-34H. The largest absolute Gasteiger partial charge is 0.456 e. The van der Waals surface area contributed by atoms with Crippen molar-refractivity contribution in [2.75, 3.05) is 0 Å². The van der Waals surface area contributed by atoms with Gasteiger partial charge in [-0.15, -0.1) is 0 Å². The van der Waals surface area contributed by atoms with Crippen molar-refractivity contribution in [3.8, 4) is 51.0 Å². The average molecular weight is 791 g/mol. The average Bonchev–Trinajstić information content (AvgIpc) is 3.86. The number of aromatic nitrogens is 4. The molecule has 0 fully saturated rings. The Balaban J connectivity index is 1.12. The van der Waals surface area contributed by atoms with Gasteiger partial charge in [0.15, 0.2) is 17.5 Å². The first kappa shape index (κ1) is 34.5. The Kier molecular flexibility index (Phi) is 7.54. The normalized spacial score (nSPS) is 11.9. The molecule has 3 aromatic heterocycles. The molecule has 0 amide bonds. The summed E-state index contributed by atoms with van der Waals surface area (Å²) in [5, 5.41) is 11.6. The van der Waals surface area contributed by atoms with Gasteiger partial charge in [-0.05, 0) is 98.5 Å². The van der Waals surface area contributed by atoms with Gasteiger partial charge in [0.05, 0.1) is 16.7 Å². The Hall–Kier alpha value is -8.41. The van der Waals surface area contributed by atoms with E-state index in [1.54, 1.807) is 0 Å². The third-order valence-electron chi connectivity index (χ3n) is 12.4. The van der Waals surface area contributed by atoms with Crippen molar-refractivity contribution in [3.05, 3.63) is 206 Å². The van der Waals surface area contributed by atoms with Crippen molar-refractivity contribution in [2.24, 2.45) is 0 Å². The van der Waals surface area contributed by atoms with Crippen LogP contribution >= 0.6 is 0 Å². The van der Waals surface area contributed by atoms with Crippen molar-refractivity contribution in [1.29, 1.82) is 0 Å². The fraction of sp³-hybridized carbons (Fsp3) is 0. The molecule has 0 aliphatic rings. The van der Waals surface area contributed by atoms with E-state index in [9.17, 15) is 0 Å². The molecule has 0 unspecified atom stereocenters. The quantitative estimate of drug-likeness (QED) is 0.174. The van der Waals surface area contributed by atoms with Crippen molar-refractivity contribution in [3.63, 3.8) is 0 Å². The maximum Gasteiger partial charge on any atom is 0.164 e. The van der Waals surface area contributed by atoms with Crippen molar-refractivity contribution in [2.45, 2.75) is 0 Å². The van der Waals surface area contributed by atoms with E-state index in [1.807, 2.05) is 18.2 Å². The molecule has 5 nitrogen and oxygen atoms in total. The van der Waals surface area contributed by atoms with Gasteiger partial charge in [-0.25, -0.2) is 15.0 Å². The lowest BCUT2D eigenvalue weighted by molar-refractivity contribution is 0.669. The summed E-state index contributed by atoms with van der Waals surface area (Å²) in [5.74, 6) is 1.83. The first-order valence-electron chi connectivity index (χ1n) is 20.9. The first-order chi connectivity index (χ1) is 30.7. The molecular weight excluding hydrogens is 757 g/mol. The van der Waals surface area contributed by atoms with Crippen LogP contribution in [-0.2, 0) is 0 Å². The van der Waals surface area contributed by atoms with Crippen LogP contribution in [0.5, 0.6) is 0 Å². The Morgan fingerprint density at radius 2 is 0.903 bits per heavy atom. The lowest BCUT2D eigenvalue weighted by Crippen LogP contribution is -2.02. The number of hydrogen-bond donors (Lipinski definition) is 0. The van der Waals surface area contributed by atoms with Crippen LogP contribution in [0.25, 0.3) is 127 Å². The summed E-state index contributed by atoms with van der Waals surface area (Å²) < 4.78 is 9.10. The zero-order valence-electron chi connectivity index (χ0n) is 33.3. The summed E-state index contributed by atoms with van der Waals surface area (Å²) >= 11 is 0. The summed E-state index contributed by atoms with van der Waals surface area (Å²) in [4.78, 5) is 15.6. The van der Waals surface area contributed by atoms with Gasteiger partial charge in [0.2, 0.25) is 0 Å². The Labute approximate surface area is 355 Å². The number of rotatable bonds is 5. The van der Waals surface area contributed by atoms with Crippen LogP contribution in [0.3, 0.4) is 0 Å². The van der Waals surface area contributed by atoms with Gasteiger partial charge in [0.25, 0.3) is 0 Å². The maximum absolute atomic E-state index is 6.68. The Morgan fingerprint density at radius 1 is 0.323 bits per heavy atom. The fourth-order valence-electron chi connectivity index (χ4n) is 9.42. The molecule has 0 saturated carbocycles. The molecule has 0 spiro atoms. The number of para-hydroxylation sites is 1. The molecule has 0 atom stereocenters. The van der Waals surface area contributed by atoms with Crippen molar-refractivity contribution < 1.29 is 4.42 Å². The van der Waals surface area contributed by atoms with Crippen LogP contribution in [0.1, 0.15) is 0 Å². The van der Waals surface area contributed by atoms with Crippen molar-refractivity contribution >= 4 is 76.1 Å². The Bertz CT molecular complexity index is 3940. The topological polar surface area (TPSA) is 56.7 Å². The van der Waals surface area contributed by atoms with Gasteiger partial charge in [-0.3, -0.25) is 0 Å². The second-order valence-corrected chi connectivity index (χ2v) is 16.0. The molecule has 0 aliphatic heterocycles. The summed E-state index contributed by atoms with van der Waals surface area (Å²) in [6.07, 6.45) is 0. The minimum atomic E-state index is 0.596. The van der Waals surface area contributed by atoms with Crippen molar-refractivity contribution in [1.82, 2.24) is 19.5 Å². The highest BCUT2D eigenvalue weighted by Crippen LogP contribution is 2.44. The predicted molar refractivity (Wildman–Crippen MR) is 256 cm³/mol. The van der Waals surface area contributed by atoms with Gasteiger partial charge >= 0.3 is 0 Å². The minimum Gasteiger partial charge on any atom is -0.456 e. The third kappa shape index (κ3) is 5.45. The van der Waals surface area contributed by atoms with E-state index in [1.165, 1.54) is 32.3 Å². The highest BCUT2D eigenvalue weighted by Gasteiger charge is 2.22. The smallest absolute Gasteiger partial charge is 0.164 e. The molecule has 13 rings (SSSR count). The number of hydrogen-bond acceptors (Lipinski definition) is 4. The second-order valence-electron chi connectivity index (χ2n) is 16.0. The van der Waals surface area contributed by atoms with Gasteiger partial charge in [-0.2, -0.15) is 0 Å². The lowest BCUT2D eigenvalue weighted by atomic mass is 9.95. The molecule has 0 saturated heterocycles. The highest BCUT2D eigenvalue weighted by molar-refractivity contribution is 6.18. The van der Waals surface area contributed by atoms with Crippen LogP contribution in [-0.4, -0.2) is 19.5 Å². The second kappa shape index (κ2) is 13.6. The van der Waals surface area contributed by atoms with E-state index in [2.05, 4.69) is 193 Å². The fourth-order valence-corrected chi connectivity index (χ4v) is 9.42. The molecule has 5 heteroatoms.